The van der Waals surface area contributed by atoms with Crippen LogP contribution in [0.15, 0.2) is 9.31 Å². The highest BCUT2D eigenvalue weighted by Crippen LogP contribution is 2.26. The van der Waals surface area contributed by atoms with E-state index in [1.807, 2.05) is 6.92 Å². The summed E-state index contributed by atoms with van der Waals surface area (Å²) < 4.78 is 38.0. The smallest absolute Gasteiger partial charge is 0.244 e. The number of furan rings is 1. The van der Waals surface area contributed by atoms with Gasteiger partial charge < -0.3 is 14.5 Å². The van der Waals surface area contributed by atoms with Crippen molar-refractivity contribution in [2.75, 3.05) is 20.3 Å². The third-order valence-electron chi connectivity index (χ3n) is 2.92. The van der Waals surface area contributed by atoms with E-state index in [2.05, 4.69) is 10.0 Å². The van der Waals surface area contributed by atoms with Crippen LogP contribution in [0.1, 0.15) is 30.9 Å². The predicted octanol–water partition coefficient (Wildman–Crippen LogP) is 1.32. The Kier molecular flexibility index (Phi) is 6.19. The summed E-state index contributed by atoms with van der Waals surface area (Å²) in [7, 11) is -2.08. The maximum atomic E-state index is 12.5. The van der Waals surface area contributed by atoms with Crippen molar-refractivity contribution in [3.63, 3.8) is 0 Å². The fraction of sp³-hybridized carbons (Fsp3) is 0.692. The molecule has 0 amide bonds. The van der Waals surface area contributed by atoms with Gasteiger partial charge in [-0.05, 0) is 27.3 Å². The van der Waals surface area contributed by atoms with Gasteiger partial charge in [-0.15, -0.1) is 0 Å². The number of methoxy groups -OCH3 is 1. The summed E-state index contributed by atoms with van der Waals surface area (Å²) in [5.74, 6) is 1.04. The number of sulfonamides is 1. The minimum atomic E-state index is -3.62. The lowest BCUT2D eigenvalue weighted by Gasteiger charge is -2.14. The summed E-state index contributed by atoms with van der Waals surface area (Å²) in [6.07, 6.45) is 0. The van der Waals surface area contributed by atoms with Crippen LogP contribution in [0.5, 0.6) is 0 Å². The average Bonchev–Trinajstić information content (AvgIpc) is 2.61. The van der Waals surface area contributed by atoms with Crippen molar-refractivity contribution in [3.05, 3.63) is 17.1 Å². The van der Waals surface area contributed by atoms with Crippen LogP contribution in [-0.4, -0.2) is 34.7 Å². The van der Waals surface area contributed by atoms with Gasteiger partial charge in [0.15, 0.2) is 0 Å². The van der Waals surface area contributed by atoms with E-state index in [0.717, 1.165) is 6.54 Å². The van der Waals surface area contributed by atoms with Crippen molar-refractivity contribution >= 4 is 10.0 Å². The molecule has 0 spiro atoms. The normalized spacial score (nSPS) is 13.7. The number of hydrogen-bond acceptors (Lipinski definition) is 5. The van der Waals surface area contributed by atoms with E-state index in [1.165, 1.54) is 7.11 Å². The summed E-state index contributed by atoms with van der Waals surface area (Å²) in [4.78, 5) is 0.235. The predicted molar refractivity (Wildman–Crippen MR) is 77.2 cm³/mol. The second-order valence-corrected chi connectivity index (χ2v) is 6.43. The molecule has 2 N–H and O–H groups in total. The standard InChI is InChI=1S/C13H24N2O4S/c1-6-14-7-12-10(3)19-11(4)13(12)20(16,17)15-9(2)8-18-5/h9,14-15H,6-8H2,1-5H3. The van der Waals surface area contributed by atoms with Crippen LogP contribution < -0.4 is 10.0 Å². The minimum absolute atomic E-state index is 0.235. The summed E-state index contributed by atoms with van der Waals surface area (Å²) >= 11 is 0. The highest BCUT2D eigenvalue weighted by Gasteiger charge is 2.27. The molecule has 0 saturated heterocycles. The van der Waals surface area contributed by atoms with Crippen molar-refractivity contribution in [3.8, 4) is 0 Å². The Labute approximate surface area is 120 Å². The first-order valence-corrected chi connectivity index (χ1v) is 8.12. The Morgan fingerprint density at radius 2 is 1.95 bits per heavy atom. The molecular formula is C13H24N2O4S. The first-order valence-electron chi connectivity index (χ1n) is 6.64. The van der Waals surface area contributed by atoms with Crippen molar-refractivity contribution < 1.29 is 17.6 Å². The van der Waals surface area contributed by atoms with Crippen molar-refractivity contribution in [2.45, 2.75) is 45.2 Å². The van der Waals surface area contributed by atoms with Gasteiger partial charge >= 0.3 is 0 Å². The lowest BCUT2D eigenvalue weighted by Crippen LogP contribution is -2.36. The first-order chi connectivity index (χ1) is 9.33. The molecule has 0 aliphatic rings. The number of nitrogens with one attached hydrogen (secondary N) is 2. The average molecular weight is 304 g/mol. The summed E-state index contributed by atoms with van der Waals surface area (Å²) in [5, 5.41) is 3.13. The molecule has 0 saturated carbocycles. The SMILES string of the molecule is CCNCc1c(C)oc(C)c1S(=O)(=O)NC(C)COC. The quantitative estimate of drug-likeness (QED) is 0.757. The van der Waals surface area contributed by atoms with Gasteiger partial charge in [0.25, 0.3) is 0 Å². The van der Waals surface area contributed by atoms with Crippen LogP contribution in [0.2, 0.25) is 0 Å². The van der Waals surface area contributed by atoms with E-state index in [-0.39, 0.29) is 10.9 Å². The summed E-state index contributed by atoms with van der Waals surface area (Å²) in [5.41, 5.74) is 0.682. The van der Waals surface area contributed by atoms with Crippen molar-refractivity contribution in [1.82, 2.24) is 10.0 Å². The van der Waals surface area contributed by atoms with E-state index in [1.54, 1.807) is 20.8 Å². The fourth-order valence-electron chi connectivity index (χ4n) is 2.12. The monoisotopic (exact) mass is 304 g/mol. The molecule has 20 heavy (non-hydrogen) atoms. The van der Waals surface area contributed by atoms with Gasteiger partial charge in [0.1, 0.15) is 16.4 Å². The zero-order valence-corrected chi connectivity index (χ0v) is 13.6. The second-order valence-electron chi connectivity index (χ2n) is 4.78. The largest absolute Gasteiger partial charge is 0.465 e. The highest BCUT2D eigenvalue weighted by molar-refractivity contribution is 7.89. The zero-order valence-electron chi connectivity index (χ0n) is 12.7. The van der Waals surface area contributed by atoms with Crippen LogP contribution >= 0.6 is 0 Å². The highest BCUT2D eigenvalue weighted by atomic mass is 32.2. The molecular weight excluding hydrogens is 280 g/mol. The third-order valence-corrected chi connectivity index (χ3v) is 4.70. The van der Waals surface area contributed by atoms with Gasteiger partial charge in [0.05, 0.1) is 6.61 Å². The topological polar surface area (TPSA) is 80.6 Å². The lowest BCUT2D eigenvalue weighted by atomic mass is 10.2. The van der Waals surface area contributed by atoms with Gasteiger partial charge in [-0.3, -0.25) is 0 Å². The van der Waals surface area contributed by atoms with Gasteiger partial charge in [-0.1, -0.05) is 6.92 Å². The third kappa shape index (κ3) is 4.05. The molecule has 0 aromatic carbocycles. The zero-order chi connectivity index (χ0) is 15.3. The van der Waals surface area contributed by atoms with E-state index >= 15 is 0 Å². The fourth-order valence-corrected chi connectivity index (χ4v) is 3.80. The van der Waals surface area contributed by atoms with Crippen molar-refractivity contribution in [1.29, 1.82) is 0 Å². The van der Waals surface area contributed by atoms with E-state index < -0.39 is 10.0 Å². The maximum Gasteiger partial charge on any atom is 0.244 e. The van der Waals surface area contributed by atoms with Crippen LogP contribution in [0.4, 0.5) is 0 Å². The number of rotatable bonds is 8. The van der Waals surface area contributed by atoms with Crippen LogP contribution in [0, 0.1) is 13.8 Å². The Bertz CT molecular complexity index is 537. The number of ether oxygens (including phenoxy) is 1. The van der Waals surface area contributed by atoms with Gasteiger partial charge in [0, 0.05) is 25.3 Å². The van der Waals surface area contributed by atoms with Gasteiger partial charge in [-0.25, -0.2) is 13.1 Å². The maximum absolute atomic E-state index is 12.5. The molecule has 0 radical (unpaired) electrons. The molecule has 1 aromatic heterocycles. The summed E-state index contributed by atoms with van der Waals surface area (Å²) in [6, 6.07) is -0.299. The van der Waals surface area contributed by atoms with E-state index in [4.69, 9.17) is 9.15 Å². The second kappa shape index (κ2) is 7.21. The van der Waals surface area contributed by atoms with Crippen LogP contribution in [0.25, 0.3) is 0 Å². The van der Waals surface area contributed by atoms with Crippen LogP contribution in [-0.2, 0) is 21.3 Å². The lowest BCUT2D eigenvalue weighted by molar-refractivity contribution is 0.180. The molecule has 6 nitrogen and oxygen atoms in total. The molecule has 0 aliphatic heterocycles. The van der Waals surface area contributed by atoms with E-state index in [9.17, 15) is 8.42 Å². The Morgan fingerprint density at radius 3 is 2.50 bits per heavy atom. The first kappa shape index (κ1) is 17.2. The summed E-state index contributed by atoms with van der Waals surface area (Å²) in [6.45, 7) is 8.71. The number of hydrogen-bond donors (Lipinski definition) is 2. The minimum Gasteiger partial charge on any atom is -0.465 e. The molecule has 116 valence electrons. The molecule has 1 unspecified atom stereocenters. The Hall–Kier alpha value is -0.890. The molecule has 0 bridgehead atoms. The van der Waals surface area contributed by atoms with Crippen molar-refractivity contribution in [2.24, 2.45) is 0 Å². The van der Waals surface area contributed by atoms with Crippen LogP contribution in [0.3, 0.4) is 0 Å². The molecule has 1 rings (SSSR count). The Morgan fingerprint density at radius 1 is 1.30 bits per heavy atom. The molecule has 1 heterocycles. The molecule has 0 aliphatic carbocycles. The molecule has 1 aromatic rings. The molecule has 1 atom stereocenters. The Balaban J connectivity index is 3.10. The number of aryl methyl sites for hydroxylation is 2. The van der Waals surface area contributed by atoms with E-state index in [0.29, 0.717) is 30.2 Å². The van der Waals surface area contributed by atoms with Gasteiger partial charge in [0.2, 0.25) is 10.0 Å². The molecule has 7 heteroatoms. The van der Waals surface area contributed by atoms with Gasteiger partial charge in [-0.2, -0.15) is 0 Å². The molecule has 0 fully saturated rings.